The zero-order chi connectivity index (χ0) is 17.7. The second-order valence-corrected chi connectivity index (χ2v) is 8.16. The monoisotopic (exact) mass is 369 g/mol. The Kier molecular flexibility index (Phi) is 5.87. The molecular weight excluding hydrogens is 344 g/mol. The average molecular weight is 369 g/mol. The summed E-state index contributed by atoms with van der Waals surface area (Å²) in [4.78, 5) is 16.7. The summed E-state index contributed by atoms with van der Waals surface area (Å²) >= 11 is 0. The molecule has 1 aromatic heterocycles. The Morgan fingerprint density at radius 3 is 2.64 bits per heavy atom. The molecule has 8 nitrogen and oxygen atoms in total. The van der Waals surface area contributed by atoms with Crippen molar-refractivity contribution in [3.8, 4) is 0 Å². The molecule has 0 aromatic carbocycles. The van der Waals surface area contributed by atoms with Crippen molar-refractivity contribution in [1.29, 1.82) is 0 Å². The smallest absolute Gasteiger partial charge is 0.272 e. The lowest BCUT2D eigenvalue weighted by Gasteiger charge is -2.25. The lowest BCUT2D eigenvalue weighted by atomic mass is 10.3. The number of anilines is 1. The summed E-state index contributed by atoms with van der Waals surface area (Å²) in [5, 5.41) is 3.22. The Morgan fingerprint density at radius 1 is 1.20 bits per heavy atom. The first-order valence-corrected chi connectivity index (χ1v) is 10.1. The molecule has 0 saturated carbocycles. The van der Waals surface area contributed by atoms with E-state index in [2.05, 4.69) is 10.3 Å². The molecule has 2 saturated heterocycles. The maximum Gasteiger partial charge on any atom is 0.272 e. The summed E-state index contributed by atoms with van der Waals surface area (Å²) in [6, 6.07) is 3.34. The van der Waals surface area contributed by atoms with Crippen LogP contribution in [0.25, 0.3) is 0 Å². The Labute approximate surface area is 148 Å². The van der Waals surface area contributed by atoms with Crippen molar-refractivity contribution < 1.29 is 22.9 Å². The number of hydrogen-bond acceptors (Lipinski definition) is 5. The van der Waals surface area contributed by atoms with Crippen LogP contribution in [0.1, 0.15) is 19.3 Å². The summed E-state index contributed by atoms with van der Waals surface area (Å²) < 4.78 is 31.7. The zero-order valence-electron chi connectivity index (χ0n) is 14.2. The fourth-order valence-electron chi connectivity index (χ4n) is 3.05. The highest BCUT2D eigenvalue weighted by Crippen LogP contribution is 2.16. The van der Waals surface area contributed by atoms with E-state index in [1.807, 2.05) is 4.90 Å². The summed E-state index contributed by atoms with van der Waals surface area (Å²) in [6.45, 7) is 3.98. The van der Waals surface area contributed by atoms with Crippen LogP contribution in [-0.2, 0) is 19.6 Å². The number of hydrogen-bond donors (Lipinski definition) is 1. The van der Waals surface area contributed by atoms with E-state index in [4.69, 9.17) is 4.74 Å². The first-order valence-electron chi connectivity index (χ1n) is 8.69. The molecule has 0 bridgehead atoms. The van der Waals surface area contributed by atoms with Crippen molar-refractivity contribution in [2.24, 2.45) is 0 Å². The number of nitrogens with one attached hydrogen (secondary N) is 2. The number of amides is 1. The highest BCUT2D eigenvalue weighted by molar-refractivity contribution is 7.89. The lowest BCUT2D eigenvalue weighted by Crippen LogP contribution is -2.40. The molecule has 138 valence electrons. The van der Waals surface area contributed by atoms with Crippen LogP contribution in [0.3, 0.4) is 0 Å². The second-order valence-electron chi connectivity index (χ2n) is 6.22. The topological polar surface area (TPSA) is 93.1 Å². The number of carbonyl (C=O) groups is 1. The van der Waals surface area contributed by atoms with Crippen molar-refractivity contribution in [3.05, 3.63) is 18.3 Å². The molecular formula is C16H25N4O4S+. The van der Waals surface area contributed by atoms with Crippen LogP contribution in [0.5, 0.6) is 0 Å². The Hall–Kier alpha value is -1.71. The summed E-state index contributed by atoms with van der Waals surface area (Å²) in [5.41, 5.74) is 0. The van der Waals surface area contributed by atoms with Gasteiger partial charge in [-0.2, -0.15) is 4.31 Å². The number of likely N-dealkylation sites (tertiary alicyclic amines) is 1. The first-order chi connectivity index (χ1) is 12.1. The van der Waals surface area contributed by atoms with Crippen LogP contribution >= 0.6 is 0 Å². The van der Waals surface area contributed by atoms with Gasteiger partial charge in [0.2, 0.25) is 15.9 Å². The molecule has 9 heteroatoms. The van der Waals surface area contributed by atoms with Gasteiger partial charge < -0.3 is 9.64 Å². The molecule has 2 fully saturated rings. The van der Waals surface area contributed by atoms with Crippen LogP contribution in [-0.4, -0.2) is 69.5 Å². The molecule has 2 aliphatic heterocycles. The molecule has 0 unspecified atom stereocenters. The van der Waals surface area contributed by atoms with Gasteiger partial charge in [0, 0.05) is 45.1 Å². The minimum atomic E-state index is -3.47. The van der Waals surface area contributed by atoms with Gasteiger partial charge in [0.05, 0.1) is 19.8 Å². The van der Waals surface area contributed by atoms with Crippen molar-refractivity contribution >= 4 is 21.7 Å². The van der Waals surface area contributed by atoms with Crippen molar-refractivity contribution in [2.45, 2.75) is 24.2 Å². The highest BCUT2D eigenvalue weighted by Gasteiger charge is 2.27. The molecule has 0 atom stereocenters. The van der Waals surface area contributed by atoms with Gasteiger partial charge in [-0.15, -0.1) is 0 Å². The van der Waals surface area contributed by atoms with Gasteiger partial charge in [-0.1, -0.05) is 0 Å². The van der Waals surface area contributed by atoms with Gasteiger partial charge in [-0.3, -0.25) is 10.1 Å². The van der Waals surface area contributed by atoms with Crippen LogP contribution in [0.15, 0.2) is 23.2 Å². The number of aromatic nitrogens is 1. The quantitative estimate of drug-likeness (QED) is 0.680. The van der Waals surface area contributed by atoms with E-state index in [1.54, 1.807) is 12.1 Å². The third-order valence-electron chi connectivity index (χ3n) is 4.48. The lowest BCUT2D eigenvalue weighted by molar-refractivity contribution is -0.364. The van der Waals surface area contributed by atoms with Crippen molar-refractivity contribution in [3.63, 3.8) is 0 Å². The van der Waals surface area contributed by atoms with Gasteiger partial charge in [0.15, 0.2) is 0 Å². The predicted molar refractivity (Wildman–Crippen MR) is 91.5 cm³/mol. The standard InChI is InChI=1S/C16H24N4O4S/c21-16-3-1-7-19(16)8-2-6-17-15-5-4-14(13-18-15)25(22,23)20-9-11-24-12-10-20/h4-5,13H,1-3,6-12H2,(H,17,18)/p+1. The van der Waals surface area contributed by atoms with E-state index in [0.717, 1.165) is 38.3 Å². The van der Waals surface area contributed by atoms with Crippen LogP contribution in [0.4, 0.5) is 5.82 Å². The molecule has 2 aliphatic rings. The maximum absolute atomic E-state index is 12.5. The molecule has 1 amide bonds. The molecule has 0 aliphatic carbocycles. The number of pyridine rings is 1. The van der Waals surface area contributed by atoms with Gasteiger partial charge in [0.25, 0.3) is 5.82 Å². The number of morpholine rings is 1. The van der Waals surface area contributed by atoms with E-state index in [1.165, 1.54) is 10.5 Å². The number of aromatic amines is 1. The number of carbonyl (C=O) groups excluding carboxylic acids is 1. The number of sulfonamides is 1. The van der Waals surface area contributed by atoms with E-state index in [0.29, 0.717) is 32.7 Å². The Morgan fingerprint density at radius 2 is 2.00 bits per heavy atom. The third-order valence-corrected chi connectivity index (χ3v) is 6.38. The largest absolute Gasteiger partial charge is 0.379 e. The molecule has 1 aromatic rings. The molecule has 3 heterocycles. The SMILES string of the molecule is O=C1CCCN1CCCNc1ccc(S(=O)(=O)N2CCOCC2)c[nH+]1. The van der Waals surface area contributed by atoms with E-state index < -0.39 is 10.0 Å². The number of ether oxygens (including phenoxy) is 1. The molecule has 0 spiro atoms. The van der Waals surface area contributed by atoms with Gasteiger partial charge in [-0.25, -0.2) is 13.4 Å². The van der Waals surface area contributed by atoms with Gasteiger partial charge in [0.1, 0.15) is 11.1 Å². The number of H-pyrrole nitrogens is 1. The molecule has 3 rings (SSSR count). The Bertz CT molecular complexity index is 687. The highest BCUT2D eigenvalue weighted by atomic mass is 32.2. The van der Waals surface area contributed by atoms with Crippen LogP contribution in [0.2, 0.25) is 0 Å². The fourth-order valence-corrected chi connectivity index (χ4v) is 4.43. The first kappa shape index (κ1) is 18.1. The second kappa shape index (κ2) is 8.11. The van der Waals surface area contributed by atoms with Crippen molar-refractivity contribution in [2.75, 3.05) is 51.3 Å². The van der Waals surface area contributed by atoms with Crippen molar-refractivity contribution in [1.82, 2.24) is 9.21 Å². The Balaban J connectivity index is 1.49. The van der Waals surface area contributed by atoms with E-state index >= 15 is 0 Å². The zero-order valence-corrected chi connectivity index (χ0v) is 15.1. The normalized spacial score (nSPS) is 19.4. The van der Waals surface area contributed by atoms with Gasteiger partial charge in [-0.05, 0) is 12.5 Å². The van der Waals surface area contributed by atoms with E-state index in [9.17, 15) is 13.2 Å². The molecule has 2 N–H and O–H groups in total. The minimum absolute atomic E-state index is 0.240. The summed E-state index contributed by atoms with van der Waals surface area (Å²) in [5.74, 6) is 0.998. The molecule has 25 heavy (non-hydrogen) atoms. The molecule has 0 radical (unpaired) electrons. The minimum Gasteiger partial charge on any atom is -0.379 e. The maximum atomic E-state index is 12.5. The van der Waals surface area contributed by atoms with Gasteiger partial charge >= 0.3 is 0 Å². The summed E-state index contributed by atoms with van der Waals surface area (Å²) in [6.07, 6.45) is 3.99. The van der Waals surface area contributed by atoms with Crippen LogP contribution < -0.4 is 10.3 Å². The van der Waals surface area contributed by atoms with Crippen LogP contribution in [0, 0.1) is 0 Å². The average Bonchev–Trinajstić information content (AvgIpc) is 3.05. The fraction of sp³-hybridized carbons (Fsp3) is 0.625. The number of rotatable bonds is 7. The summed E-state index contributed by atoms with van der Waals surface area (Å²) in [7, 11) is -3.47. The predicted octanol–water partition coefficient (Wildman–Crippen LogP) is -0.0540. The number of nitrogens with zero attached hydrogens (tertiary/aromatic N) is 2. The third kappa shape index (κ3) is 4.47. The van der Waals surface area contributed by atoms with E-state index in [-0.39, 0.29) is 10.8 Å².